The zero-order chi connectivity index (χ0) is 16.2. The summed E-state index contributed by atoms with van der Waals surface area (Å²) in [5, 5.41) is 11.3. The fourth-order valence-electron chi connectivity index (χ4n) is 3.06. The van der Waals surface area contributed by atoms with Crippen molar-refractivity contribution in [2.24, 2.45) is 0 Å². The van der Waals surface area contributed by atoms with Gasteiger partial charge in [0.2, 0.25) is 0 Å². The lowest BCUT2D eigenvalue weighted by molar-refractivity contribution is 0.000219. The summed E-state index contributed by atoms with van der Waals surface area (Å²) in [6, 6.07) is 9.11. The second kappa shape index (κ2) is 6.79. The number of methoxy groups -OCH3 is 1. The number of hydrogen-bond acceptors (Lipinski definition) is 3. The standard InChI is InChI=1S/C18H23NO3/c1-4-15(13-6-8-14(22-3)9-7-13)18(21,5-2)16-12-19-11-10-17(16)20/h6-12,15,21H,4-5H2,1-3H3,(H,19,20)/t15-,18+/m0/s1. The summed E-state index contributed by atoms with van der Waals surface area (Å²) in [7, 11) is 1.62. The third kappa shape index (κ3) is 2.92. The van der Waals surface area contributed by atoms with E-state index in [-0.39, 0.29) is 11.3 Å². The molecule has 1 heterocycles. The van der Waals surface area contributed by atoms with Crippen molar-refractivity contribution in [3.8, 4) is 5.75 Å². The molecule has 2 atom stereocenters. The summed E-state index contributed by atoms with van der Waals surface area (Å²) in [6.07, 6.45) is 4.38. The molecule has 0 saturated heterocycles. The first-order valence-electron chi connectivity index (χ1n) is 7.60. The Bertz CT molecular complexity index is 663. The zero-order valence-electron chi connectivity index (χ0n) is 13.3. The molecule has 4 nitrogen and oxygen atoms in total. The predicted molar refractivity (Wildman–Crippen MR) is 87.3 cm³/mol. The first-order chi connectivity index (χ1) is 10.6. The number of aromatic amines is 1. The van der Waals surface area contributed by atoms with Gasteiger partial charge in [0.15, 0.2) is 5.43 Å². The second-order valence-electron chi connectivity index (χ2n) is 5.43. The highest BCUT2D eigenvalue weighted by atomic mass is 16.5. The fourth-order valence-corrected chi connectivity index (χ4v) is 3.06. The monoisotopic (exact) mass is 301 g/mol. The summed E-state index contributed by atoms with van der Waals surface area (Å²) in [5.41, 5.74) is 0.0733. The molecule has 0 amide bonds. The van der Waals surface area contributed by atoms with E-state index in [4.69, 9.17) is 4.74 Å². The van der Waals surface area contributed by atoms with Crippen molar-refractivity contribution in [1.82, 2.24) is 4.98 Å². The number of nitrogens with one attached hydrogen (secondary N) is 1. The molecule has 0 aliphatic rings. The van der Waals surface area contributed by atoms with Crippen LogP contribution in [-0.2, 0) is 5.60 Å². The third-order valence-corrected chi connectivity index (χ3v) is 4.33. The van der Waals surface area contributed by atoms with E-state index in [1.807, 2.05) is 38.1 Å². The molecule has 0 radical (unpaired) electrons. The number of rotatable bonds is 6. The highest BCUT2D eigenvalue weighted by molar-refractivity contribution is 5.33. The minimum atomic E-state index is -1.20. The molecule has 22 heavy (non-hydrogen) atoms. The van der Waals surface area contributed by atoms with Crippen LogP contribution in [0, 0.1) is 0 Å². The Hall–Kier alpha value is -2.07. The summed E-state index contributed by atoms with van der Waals surface area (Å²) < 4.78 is 5.18. The highest BCUT2D eigenvalue weighted by Crippen LogP contribution is 2.40. The van der Waals surface area contributed by atoms with Crippen LogP contribution < -0.4 is 10.2 Å². The molecule has 0 spiro atoms. The minimum absolute atomic E-state index is 0.143. The van der Waals surface area contributed by atoms with E-state index in [0.717, 1.165) is 17.7 Å². The normalized spacial score (nSPS) is 15.1. The van der Waals surface area contributed by atoms with Crippen LogP contribution in [0.15, 0.2) is 47.5 Å². The van der Waals surface area contributed by atoms with Crippen LogP contribution in [0.5, 0.6) is 5.75 Å². The number of hydrogen-bond donors (Lipinski definition) is 2. The lowest BCUT2D eigenvalue weighted by Gasteiger charge is -2.35. The first-order valence-corrected chi connectivity index (χ1v) is 7.60. The van der Waals surface area contributed by atoms with Gasteiger partial charge in [-0.1, -0.05) is 26.0 Å². The molecule has 0 bridgehead atoms. The molecule has 0 fully saturated rings. The van der Waals surface area contributed by atoms with Crippen molar-refractivity contribution < 1.29 is 9.84 Å². The Morgan fingerprint density at radius 1 is 1.23 bits per heavy atom. The van der Waals surface area contributed by atoms with E-state index in [2.05, 4.69) is 4.98 Å². The quantitative estimate of drug-likeness (QED) is 0.861. The number of ether oxygens (including phenoxy) is 1. The number of benzene rings is 1. The van der Waals surface area contributed by atoms with Gasteiger partial charge in [0.05, 0.1) is 7.11 Å². The van der Waals surface area contributed by atoms with Gasteiger partial charge in [0, 0.05) is 29.9 Å². The molecule has 0 aliphatic heterocycles. The second-order valence-corrected chi connectivity index (χ2v) is 5.43. The van der Waals surface area contributed by atoms with Gasteiger partial charge in [-0.3, -0.25) is 4.79 Å². The molecular formula is C18H23NO3. The van der Waals surface area contributed by atoms with Crippen molar-refractivity contribution in [3.05, 3.63) is 64.1 Å². The van der Waals surface area contributed by atoms with Gasteiger partial charge in [0.25, 0.3) is 0 Å². The molecule has 0 saturated carbocycles. The van der Waals surface area contributed by atoms with Crippen LogP contribution in [0.1, 0.15) is 43.7 Å². The molecule has 2 aromatic rings. The van der Waals surface area contributed by atoms with Crippen LogP contribution >= 0.6 is 0 Å². The van der Waals surface area contributed by atoms with Gasteiger partial charge >= 0.3 is 0 Å². The van der Waals surface area contributed by atoms with Crippen LogP contribution in [0.2, 0.25) is 0 Å². The summed E-state index contributed by atoms with van der Waals surface area (Å²) >= 11 is 0. The predicted octanol–water partition coefficient (Wildman–Crippen LogP) is 3.17. The largest absolute Gasteiger partial charge is 0.497 e. The van der Waals surface area contributed by atoms with Gasteiger partial charge in [-0.25, -0.2) is 0 Å². The molecule has 118 valence electrons. The SMILES string of the molecule is CC[C@@H](c1ccc(OC)cc1)[C@](O)(CC)c1c[nH]ccc1=O. The van der Waals surface area contributed by atoms with Crippen molar-refractivity contribution in [2.45, 2.75) is 38.2 Å². The zero-order valence-corrected chi connectivity index (χ0v) is 13.3. The molecule has 2 N–H and O–H groups in total. The maximum absolute atomic E-state index is 12.2. The van der Waals surface area contributed by atoms with Crippen molar-refractivity contribution in [1.29, 1.82) is 0 Å². The van der Waals surface area contributed by atoms with E-state index in [1.54, 1.807) is 19.5 Å². The van der Waals surface area contributed by atoms with Gasteiger partial charge in [0.1, 0.15) is 11.4 Å². The smallest absolute Gasteiger partial charge is 0.187 e. The van der Waals surface area contributed by atoms with Crippen LogP contribution in [0.4, 0.5) is 0 Å². The van der Waals surface area contributed by atoms with Crippen LogP contribution in [0.3, 0.4) is 0 Å². The van der Waals surface area contributed by atoms with Crippen LogP contribution in [-0.4, -0.2) is 17.2 Å². The van der Waals surface area contributed by atoms with E-state index in [0.29, 0.717) is 12.0 Å². The summed E-state index contributed by atoms with van der Waals surface area (Å²) in [6.45, 7) is 3.92. The number of pyridine rings is 1. The topological polar surface area (TPSA) is 62.3 Å². The van der Waals surface area contributed by atoms with E-state index >= 15 is 0 Å². The Labute approximate surface area is 130 Å². The Kier molecular flexibility index (Phi) is 5.03. The van der Waals surface area contributed by atoms with E-state index < -0.39 is 5.60 Å². The van der Waals surface area contributed by atoms with Gasteiger partial charge in [-0.2, -0.15) is 0 Å². The maximum atomic E-state index is 12.2. The lowest BCUT2D eigenvalue weighted by atomic mass is 9.74. The molecular weight excluding hydrogens is 278 g/mol. The van der Waals surface area contributed by atoms with Crippen molar-refractivity contribution in [2.75, 3.05) is 7.11 Å². The number of aliphatic hydroxyl groups is 1. The van der Waals surface area contributed by atoms with Crippen molar-refractivity contribution >= 4 is 0 Å². The average Bonchev–Trinajstić information content (AvgIpc) is 2.56. The fraction of sp³-hybridized carbons (Fsp3) is 0.389. The summed E-state index contributed by atoms with van der Waals surface area (Å²) in [4.78, 5) is 15.1. The average molecular weight is 301 g/mol. The number of H-pyrrole nitrogens is 1. The van der Waals surface area contributed by atoms with Gasteiger partial charge < -0.3 is 14.8 Å². The van der Waals surface area contributed by atoms with Gasteiger partial charge in [-0.15, -0.1) is 0 Å². The van der Waals surface area contributed by atoms with Crippen LogP contribution in [0.25, 0.3) is 0 Å². The molecule has 0 unspecified atom stereocenters. The van der Waals surface area contributed by atoms with E-state index in [1.165, 1.54) is 6.07 Å². The minimum Gasteiger partial charge on any atom is -0.497 e. The Balaban J connectivity index is 2.50. The van der Waals surface area contributed by atoms with Gasteiger partial charge in [-0.05, 0) is 30.5 Å². The van der Waals surface area contributed by atoms with Crippen molar-refractivity contribution in [3.63, 3.8) is 0 Å². The molecule has 4 heteroatoms. The Morgan fingerprint density at radius 3 is 2.41 bits per heavy atom. The molecule has 1 aromatic carbocycles. The third-order valence-electron chi connectivity index (χ3n) is 4.33. The molecule has 0 aliphatic carbocycles. The number of aromatic nitrogens is 1. The summed E-state index contributed by atoms with van der Waals surface area (Å²) in [5.74, 6) is 0.614. The Morgan fingerprint density at radius 2 is 1.91 bits per heavy atom. The highest BCUT2D eigenvalue weighted by Gasteiger charge is 2.38. The maximum Gasteiger partial charge on any atom is 0.187 e. The molecule has 2 rings (SSSR count). The lowest BCUT2D eigenvalue weighted by Crippen LogP contribution is -2.37. The molecule has 1 aromatic heterocycles. The van der Waals surface area contributed by atoms with E-state index in [9.17, 15) is 9.90 Å². The first kappa shape index (κ1) is 16.3.